The van der Waals surface area contributed by atoms with Crippen molar-refractivity contribution in [3.8, 4) is 11.5 Å². The Hall–Kier alpha value is -1.18. The molecule has 0 aliphatic carbocycles. The van der Waals surface area contributed by atoms with E-state index in [1.807, 2.05) is 6.92 Å². The Morgan fingerprint density at radius 2 is 2.00 bits per heavy atom. The highest BCUT2D eigenvalue weighted by Gasteiger charge is 2.16. The molecule has 0 radical (unpaired) electrons. The van der Waals surface area contributed by atoms with E-state index in [9.17, 15) is 4.79 Å². The number of carbonyl (C=O) groups excluding carboxylic acids is 1. The summed E-state index contributed by atoms with van der Waals surface area (Å²) in [6.45, 7) is 2.34. The van der Waals surface area contributed by atoms with Crippen molar-refractivity contribution in [1.82, 2.24) is 0 Å². The minimum atomic E-state index is -0.296. The predicted molar refractivity (Wildman–Crippen MR) is 101 cm³/mol. The van der Waals surface area contributed by atoms with E-state index in [0.717, 1.165) is 3.57 Å². The summed E-state index contributed by atoms with van der Waals surface area (Å²) in [6, 6.07) is 8.25. The Kier molecular flexibility index (Phi) is 6.38. The average molecular weight is 466 g/mol. The molecule has 0 bridgehead atoms. The van der Waals surface area contributed by atoms with Gasteiger partial charge in [-0.05, 0) is 59.8 Å². The number of methoxy groups -OCH3 is 1. The molecule has 122 valence electrons. The predicted octanol–water partition coefficient (Wildman–Crippen LogP) is 5.26. The van der Waals surface area contributed by atoms with Gasteiger partial charge >= 0.3 is 0 Å². The van der Waals surface area contributed by atoms with E-state index in [2.05, 4.69) is 27.9 Å². The number of benzene rings is 2. The first-order valence-electron chi connectivity index (χ1n) is 6.73. The van der Waals surface area contributed by atoms with Crippen molar-refractivity contribution in [3.05, 3.63) is 49.5 Å². The van der Waals surface area contributed by atoms with Gasteiger partial charge in [0.15, 0.2) is 11.5 Å². The van der Waals surface area contributed by atoms with E-state index in [0.29, 0.717) is 39.4 Å². The van der Waals surface area contributed by atoms with Crippen LogP contribution >= 0.6 is 45.8 Å². The lowest BCUT2D eigenvalue weighted by Gasteiger charge is -2.13. The highest BCUT2D eigenvalue weighted by molar-refractivity contribution is 14.1. The van der Waals surface area contributed by atoms with Gasteiger partial charge in [-0.25, -0.2) is 0 Å². The van der Waals surface area contributed by atoms with Crippen LogP contribution in [0.15, 0.2) is 30.3 Å². The van der Waals surface area contributed by atoms with Crippen LogP contribution in [-0.2, 0) is 0 Å². The van der Waals surface area contributed by atoms with Gasteiger partial charge in [-0.2, -0.15) is 0 Å². The number of nitrogens with one attached hydrogen (secondary N) is 1. The van der Waals surface area contributed by atoms with E-state index in [4.69, 9.17) is 32.7 Å². The van der Waals surface area contributed by atoms with Gasteiger partial charge in [0, 0.05) is 10.6 Å². The quantitative estimate of drug-likeness (QED) is 0.613. The number of rotatable bonds is 5. The zero-order chi connectivity index (χ0) is 17.0. The van der Waals surface area contributed by atoms with Crippen LogP contribution < -0.4 is 14.8 Å². The third kappa shape index (κ3) is 4.43. The van der Waals surface area contributed by atoms with Crippen LogP contribution in [0.4, 0.5) is 5.69 Å². The summed E-state index contributed by atoms with van der Waals surface area (Å²) in [5.41, 5.74) is 0.939. The molecule has 2 aromatic carbocycles. The number of halogens is 3. The van der Waals surface area contributed by atoms with Crippen LogP contribution in [0, 0.1) is 3.57 Å². The Morgan fingerprint density at radius 3 is 2.61 bits per heavy atom. The number of hydrogen-bond donors (Lipinski definition) is 1. The van der Waals surface area contributed by atoms with Crippen molar-refractivity contribution >= 4 is 57.4 Å². The van der Waals surface area contributed by atoms with Gasteiger partial charge in [0.25, 0.3) is 5.91 Å². The molecule has 0 spiro atoms. The zero-order valence-corrected chi connectivity index (χ0v) is 16.1. The molecule has 2 rings (SSSR count). The normalized spacial score (nSPS) is 10.3. The summed E-state index contributed by atoms with van der Waals surface area (Å²) in [5.74, 6) is 0.832. The second-order valence-electron chi connectivity index (χ2n) is 4.50. The third-order valence-electron chi connectivity index (χ3n) is 2.96. The topological polar surface area (TPSA) is 47.6 Å². The highest BCUT2D eigenvalue weighted by atomic mass is 127. The molecule has 0 saturated heterocycles. The lowest BCUT2D eigenvalue weighted by atomic mass is 10.2. The van der Waals surface area contributed by atoms with Crippen molar-refractivity contribution < 1.29 is 14.3 Å². The molecule has 1 amide bonds. The maximum absolute atomic E-state index is 12.5. The molecule has 0 aliphatic heterocycles. The first-order valence-corrected chi connectivity index (χ1v) is 8.56. The Morgan fingerprint density at radius 1 is 1.26 bits per heavy atom. The molecule has 0 aliphatic rings. The van der Waals surface area contributed by atoms with E-state index >= 15 is 0 Å². The van der Waals surface area contributed by atoms with Crippen molar-refractivity contribution in [3.63, 3.8) is 0 Å². The molecule has 1 N–H and O–H groups in total. The fourth-order valence-electron chi connectivity index (χ4n) is 1.95. The van der Waals surface area contributed by atoms with Crippen LogP contribution in [0.2, 0.25) is 10.0 Å². The van der Waals surface area contributed by atoms with Crippen LogP contribution in [0.25, 0.3) is 0 Å². The van der Waals surface area contributed by atoms with Gasteiger partial charge in [-0.3, -0.25) is 4.79 Å². The first kappa shape index (κ1) is 18.2. The van der Waals surface area contributed by atoms with Crippen molar-refractivity contribution in [2.75, 3.05) is 19.0 Å². The van der Waals surface area contributed by atoms with Crippen molar-refractivity contribution in [1.29, 1.82) is 0 Å². The second-order valence-corrected chi connectivity index (χ2v) is 6.51. The minimum Gasteiger partial charge on any atom is -0.492 e. The molecular weight excluding hydrogens is 452 g/mol. The van der Waals surface area contributed by atoms with Crippen molar-refractivity contribution in [2.24, 2.45) is 0 Å². The standard InChI is InChI=1S/C16H14Cl2INO3/c1-3-23-14-7-9(6-12(19)15(14)22-2)16(21)20-13-5-4-10(17)8-11(13)18/h4-8H,3H2,1-2H3,(H,20,21). The maximum atomic E-state index is 12.5. The molecule has 2 aromatic rings. The zero-order valence-electron chi connectivity index (χ0n) is 12.5. The van der Waals surface area contributed by atoms with Crippen LogP contribution in [0.1, 0.15) is 17.3 Å². The molecule has 0 atom stereocenters. The lowest BCUT2D eigenvalue weighted by molar-refractivity contribution is 0.102. The largest absolute Gasteiger partial charge is 0.492 e. The summed E-state index contributed by atoms with van der Waals surface area (Å²) < 4.78 is 11.6. The third-order valence-corrected chi connectivity index (χ3v) is 4.30. The summed E-state index contributed by atoms with van der Waals surface area (Å²) in [5, 5.41) is 3.64. The van der Waals surface area contributed by atoms with Gasteiger partial charge in [0.05, 0.1) is 28.0 Å². The highest BCUT2D eigenvalue weighted by Crippen LogP contribution is 2.34. The number of amides is 1. The number of anilines is 1. The molecule has 0 saturated carbocycles. The van der Waals surface area contributed by atoms with Gasteiger partial charge in [0.1, 0.15) is 0 Å². The van der Waals surface area contributed by atoms with E-state index in [-0.39, 0.29) is 5.91 Å². The molecule has 0 aromatic heterocycles. The molecule has 0 fully saturated rings. The first-order chi connectivity index (χ1) is 11.0. The van der Waals surface area contributed by atoms with E-state index in [1.54, 1.807) is 37.4 Å². The molecule has 7 heteroatoms. The molecular formula is C16H14Cl2INO3. The Balaban J connectivity index is 2.32. The fourth-order valence-corrected chi connectivity index (χ4v) is 3.22. The summed E-state index contributed by atoms with van der Waals surface area (Å²) in [4.78, 5) is 12.5. The number of carbonyl (C=O) groups is 1. The van der Waals surface area contributed by atoms with Gasteiger partial charge in [-0.15, -0.1) is 0 Å². The number of ether oxygens (including phenoxy) is 2. The molecule has 0 heterocycles. The van der Waals surface area contributed by atoms with Gasteiger partial charge < -0.3 is 14.8 Å². The molecule has 23 heavy (non-hydrogen) atoms. The smallest absolute Gasteiger partial charge is 0.255 e. The van der Waals surface area contributed by atoms with Crippen LogP contribution in [0.3, 0.4) is 0 Å². The van der Waals surface area contributed by atoms with Crippen LogP contribution in [0.5, 0.6) is 11.5 Å². The SMILES string of the molecule is CCOc1cc(C(=O)Nc2ccc(Cl)cc2Cl)cc(I)c1OC. The van der Waals surface area contributed by atoms with Crippen molar-refractivity contribution in [2.45, 2.75) is 6.92 Å². The van der Waals surface area contributed by atoms with Gasteiger partial charge in [0.2, 0.25) is 0 Å². The summed E-state index contributed by atoms with van der Waals surface area (Å²) in [6.07, 6.45) is 0. The summed E-state index contributed by atoms with van der Waals surface area (Å²) in [7, 11) is 1.56. The Bertz CT molecular complexity index is 738. The van der Waals surface area contributed by atoms with E-state index in [1.165, 1.54) is 0 Å². The Labute approximate surface area is 158 Å². The monoisotopic (exact) mass is 465 g/mol. The van der Waals surface area contributed by atoms with E-state index < -0.39 is 0 Å². The average Bonchev–Trinajstić information content (AvgIpc) is 2.50. The van der Waals surface area contributed by atoms with Crippen LogP contribution in [-0.4, -0.2) is 19.6 Å². The number of hydrogen-bond acceptors (Lipinski definition) is 3. The molecule has 4 nitrogen and oxygen atoms in total. The minimum absolute atomic E-state index is 0.296. The lowest BCUT2D eigenvalue weighted by Crippen LogP contribution is -2.13. The second kappa shape index (κ2) is 8.08. The summed E-state index contributed by atoms with van der Waals surface area (Å²) >= 11 is 14.0. The van der Waals surface area contributed by atoms with Gasteiger partial charge in [-0.1, -0.05) is 23.2 Å². The molecule has 0 unspecified atom stereocenters. The fraction of sp³-hybridized carbons (Fsp3) is 0.188. The maximum Gasteiger partial charge on any atom is 0.255 e.